The summed E-state index contributed by atoms with van der Waals surface area (Å²) in [4.78, 5) is 0. The van der Waals surface area contributed by atoms with Crippen molar-refractivity contribution in [1.29, 1.82) is 0 Å². The number of nitrogens with zero attached hydrogens (tertiary/aromatic N) is 4. The molecule has 44 heavy (non-hydrogen) atoms. The minimum absolute atomic E-state index is 1.09. The molecule has 0 amide bonds. The molecule has 0 fully saturated rings. The molecule has 1 aromatic carbocycles. The Bertz CT molecular complexity index is 755. The Balaban J connectivity index is 2.26. The van der Waals surface area contributed by atoms with Crippen LogP contribution in [0.3, 0.4) is 0 Å². The van der Waals surface area contributed by atoms with E-state index in [1.807, 2.05) is 0 Å². The van der Waals surface area contributed by atoms with E-state index in [9.17, 15) is 0 Å². The van der Waals surface area contributed by atoms with Gasteiger partial charge < -0.3 is 17.9 Å². The summed E-state index contributed by atoms with van der Waals surface area (Å²) in [6.45, 7) is 14.8. The highest BCUT2D eigenvalue weighted by molar-refractivity contribution is 5.21. The standard InChI is InChI=1S/C40H82N4/c1-11-13-15-21-31-41(3,4)33-23-17-19-25-35-43(7,8)37-39-27-29-40(30-28-39)38-44(9,10)36-26-20-18-24-34-42(5,6)32-22-16-14-12-2/h27-30H,11-26,31-38H2,1-10H3/q+4. The van der Waals surface area contributed by atoms with Gasteiger partial charge in [0.25, 0.3) is 0 Å². The van der Waals surface area contributed by atoms with Crippen LogP contribution in [0.4, 0.5) is 0 Å². The molecule has 0 unspecified atom stereocenters. The zero-order valence-corrected chi connectivity index (χ0v) is 32.1. The Morgan fingerprint density at radius 3 is 0.795 bits per heavy atom. The van der Waals surface area contributed by atoms with Crippen molar-refractivity contribution in [3.8, 4) is 0 Å². The average Bonchev–Trinajstić information content (AvgIpc) is 2.94. The molecule has 1 rings (SSSR count). The lowest BCUT2D eigenvalue weighted by molar-refractivity contribution is -0.904. The van der Waals surface area contributed by atoms with Crippen LogP contribution < -0.4 is 0 Å². The maximum absolute atomic E-state index is 2.43. The van der Waals surface area contributed by atoms with Gasteiger partial charge in [-0.2, -0.15) is 0 Å². The number of hydrogen-bond acceptors (Lipinski definition) is 0. The molecule has 0 aliphatic carbocycles. The third-order valence-corrected chi connectivity index (χ3v) is 10.0. The van der Waals surface area contributed by atoms with Gasteiger partial charge in [-0.15, -0.1) is 0 Å². The van der Waals surface area contributed by atoms with Crippen molar-refractivity contribution in [3.05, 3.63) is 35.4 Å². The third kappa shape index (κ3) is 21.7. The van der Waals surface area contributed by atoms with Crippen LogP contribution in [-0.2, 0) is 13.1 Å². The van der Waals surface area contributed by atoms with Crippen LogP contribution in [0.1, 0.15) is 128 Å². The summed E-state index contributed by atoms with van der Waals surface area (Å²) in [5.74, 6) is 0. The predicted octanol–water partition coefficient (Wildman–Crippen LogP) is 9.27. The van der Waals surface area contributed by atoms with Crippen molar-refractivity contribution in [1.82, 2.24) is 0 Å². The lowest BCUT2D eigenvalue weighted by Gasteiger charge is -2.31. The molecule has 0 saturated heterocycles. The normalized spacial score (nSPS) is 13.1. The summed E-state index contributed by atoms with van der Waals surface area (Å²) in [5, 5.41) is 0. The van der Waals surface area contributed by atoms with Crippen molar-refractivity contribution in [2.45, 2.75) is 130 Å². The molecular formula is C40H82N4+4. The predicted molar refractivity (Wildman–Crippen MR) is 197 cm³/mol. The minimum Gasteiger partial charge on any atom is -0.328 e. The number of rotatable bonds is 28. The first-order chi connectivity index (χ1) is 20.7. The minimum atomic E-state index is 1.09. The van der Waals surface area contributed by atoms with Gasteiger partial charge in [0, 0.05) is 11.1 Å². The molecule has 1 aromatic rings. The molecule has 4 nitrogen and oxygen atoms in total. The molecule has 4 heteroatoms. The monoisotopic (exact) mass is 619 g/mol. The van der Waals surface area contributed by atoms with Gasteiger partial charge in [0.05, 0.1) is 95.6 Å². The first-order valence-corrected chi connectivity index (χ1v) is 19.1. The Kier molecular flexibility index (Phi) is 20.3. The summed E-state index contributed by atoms with van der Waals surface area (Å²) >= 11 is 0. The summed E-state index contributed by atoms with van der Waals surface area (Å²) in [6, 6.07) is 9.60. The molecule has 0 atom stereocenters. The molecular weight excluding hydrogens is 536 g/mol. The van der Waals surface area contributed by atoms with Crippen LogP contribution in [0, 0.1) is 0 Å². The van der Waals surface area contributed by atoms with Crippen LogP contribution in [0.25, 0.3) is 0 Å². The summed E-state index contributed by atoms with van der Waals surface area (Å²) in [7, 11) is 19.4. The maximum atomic E-state index is 2.43. The first-order valence-electron chi connectivity index (χ1n) is 19.1. The molecule has 0 aliphatic heterocycles. The largest absolute Gasteiger partial charge is 0.328 e. The average molecular weight is 619 g/mol. The van der Waals surface area contributed by atoms with E-state index >= 15 is 0 Å². The molecule has 0 saturated carbocycles. The summed E-state index contributed by atoms with van der Waals surface area (Å²) in [5.41, 5.74) is 2.97. The van der Waals surface area contributed by atoms with Crippen LogP contribution >= 0.6 is 0 Å². The Morgan fingerprint density at radius 1 is 0.318 bits per heavy atom. The highest BCUT2D eigenvalue weighted by Gasteiger charge is 2.19. The fourth-order valence-electron chi connectivity index (χ4n) is 6.92. The zero-order chi connectivity index (χ0) is 33.0. The quantitative estimate of drug-likeness (QED) is 0.0649. The summed E-state index contributed by atoms with van der Waals surface area (Å²) in [6.07, 6.45) is 22.0. The van der Waals surface area contributed by atoms with Crippen LogP contribution in [0.5, 0.6) is 0 Å². The smallest absolute Gasteiger partial charge is 0.104 e. The Hall–Kier alpha value is -0.940. The van der Waals surface area contributed by atoms with Crippen LogP contribution in [-0.4, -0.2) is 114 Å². The van der Waals surface area contributed by atoms with Gasteiger partial charge in [-0.25, -0.2) is 0 Å². The lowest BCUT2D eigenvalue weighted by Crippen LogP contribution is -2.41. The fourth-order valence-corrected chi connectivity index (χ4v) is 6.92. The Labute approximate surface area is 278 Å². The second-order valence-electron chi connectivity index (χ2n) is 17.2. The number of quaternary nitrogens is 4. The second kappa shape index (κ2) is 21.8. The Morgan fingerprint density at radius 2 is 0.545 bits per heavy atom. The van der Waals surface area contributed by atoms with Gasteiger partial charge in [0.2, 0.25) is 0 Å². The second-order valence-corrected chi connectivity index (χ2v) is 17.2. The topological polar surface area (TPSA) is 0 Å². The van der Waals surface area contributed by atoms with E-state index in [2.05, 4.69) is 94.5 Å². The maximum Gasteiger partial charge on any atom is 0.104 e. The van der Waals surface area contributed by atoms with Crippen molar-refractivity contribution >= 4 is 0 Å². The van der Waals surface area contributed by atoms with Crippen molar-refractivity contribution in [2.24, 2.45) is 0 Å². The lowest BCUT2D eigenvalue weighted by atomic mass is 10.1. The van der Waals surface area contributed by atoms with E-state index in [0.29, 0.717) is 0 Å². The van der Waals surface area contributed by atoms with E-state index in [4.69, 9.17) is 0 Å². The van der Waals surface area contributed by atoms with Gasteiger partial charge in [-0.3, -0.25) is 0 Å². The third-order valence-electron chi connectivity index (χ3n) is 10.0. The zero-order valence-electron chi connectivity index (χ0n) is 32.1. The van der Waals surface area contributed by atoms with E-state index < -0.39 is 0 Å². The molecule has 258 valence electrons. The van der Waals surface area contributed by atoms with Crippen molar-refractivity contribution < 1.29 is 17.9 Å². The van der Waals surface area contributed by atoms with E-state index in [1.165, 1.54) is 162 Å². The number of benzene rings is 1. The molecule has 0 aliphatic rings. The number of unbranched alkanes of at least 4 members (excludes halogenated alkanes) is 12. The van der Waals surface area contributed by atoms with E-state index in [1.54, 1.807) is 0 Å². The highest BCUT2D eigenvalue weighted by Crippen LogP contribution is 2.17. The van der Waals surface area contributed by atoms with Crippen LogP contribution in [0.15, 0.2) is 24.3 Å². The van der Waals surface area contributed by atoms with Gasteiger partial charge in [-0.1, -0.05) is 63.8 Å². The van der Waals surface area contributed by atoms with Crippen molar-refractivity contribution in [2.75, 3.05) is 95.6 Å². The molecule has 0 bridgehead atoms. The van der Waals surface area contributed by atoms with Crippen molar-refractivity contribution in [3.63, 3.8) is 0 Å². The van der Waals surface area contributed by atoms with Gasteiger partial charge in [-0.05, 0) is 77.0 Å². The van der Waals surface area contributed by atoms with Gasteiger partial charge >= 0.3 is 0 Å². The fraction of sp³-hybridized carbons (Fsp3) is 0.850. The number of hydrogen-bond donors (Lipinski definition) is 0. The van der Waals surface area contributed by atoms with Gasteiger partial charge in [0.15, 0.2) is 0 Å². The molecule has 0 heterocycles. The van der Waals surface area contributed by atoms with Crippen LogP contribution in [0.2, 0.25) is 0 Å². The highest BCUT2D eigenvalue weighted by atomic mass is 15.3. The van der Waals surface area contributed by atoms with E-state index in [-0.39, 0.29) is 0 Å². The molecule has 0 spiro atoms. The van der Waals surface area contributed by atoms with E-state index in [0.717, 1.165) is 22.1 Å². The SMILES string of the molecule is CCCCCC[N+](C)(C)CCCCCC[N+](C)(C)Cc1ccc(C[N+](C)(C)CCCCCC[N+](C)(C)CCCCCC)cc1. The molecule has 0 aromatic heterocycles. The first kappa shape index (κ1) is 41.1. The molecule has 0 radical (unpaired) electrons. The van der Waals surface area contributed by atoms with Gasteiger partial charge in [0.1, 0.15) is 13.1 Å². The molecule has 0 N–H and O–H groups in total. The summed E-state index contributed by atoms with van der Waals surface area (Å²) < 4.78 is 4.59.